The highest BCUT2D eigenvalue weighted by Gasteiger charge is 2.52. The van der Waals surface area contributed by atoms with Gasteiger partial charge in [0.2, 0.25) is 5.91 Å². The normalized spacial score (nSPS) is 19.4. The standard InChI is InChI=1S/C38H38N4O5/c1-25(8-7-13-35(44)41-23-29-12-6-5-11-28(29)20-32(41)24-43)38(47)33-21-31(40-36(45)27-14-16-30(39)17-15-27)18-19-34(33)42(37(38)46)22-26-9-3-2-4-10-26/h2-12,14-19,21,25,32,43,47H,13,20,22-24,39H2,1H3,(H,40,45)/b8-7+/t25-,32-,38+/m0/s1. The first-order valence-electron chi connectivity index (χ1n) is 15.7. The zero-order valence-corrected chi connectivity index (χ0v) is 26.2. The molecule has 3 atom stereocenters. The molecule has 0 fully saturated rings. The third kappa shape index (κ3) is 6.27. The van der Waals surface area contributed by atoms with Gasteiger partial charge in [-0.15, -0.1) is 0 Å². The van der Waals surface area contributed by atoms with E-state index in [1.807, 2.05) is 54.6 Å². The molecule has 0 aliphatic carbocycles. The van der Waals surface area contributed by atoms with Crippen molar-refractivity contribution in [1.82, 2.24) is 4.90 Å². The molecule has 0 radical (unpaired) electrons. The van der Waals surface area contributed by atoms with Crippen LogP contribution in [0.15, 0.2) is 109 Å². The first-order chi connectivity index (χ1) is 22.7. The molecule has 5 N–H and O–H groups in total. The van der Waals surface area contributed by atoms with Crippen LogP contribution in [0.2, 0.25) is 0 Å². The lowest BCUT2D eigenvalue weighted by atomic mass is 9.82. The fraction of sp³-hybridized carbons (Fsp3) is 0.237. The summed E-state index contributed by atoms with van der Waals surface area (Å²) in [7, 11) is 0. The third-order valence-corrected chi connectivity index (χ3v) is 9.15. The molecule has 0 saturated heterocycles. The van der Waals surface area contributed by atoms with E-state index in [0.29, 0.717) is 41.2 Å². The van der Waals surface area contributed by atoms with Crippen LogP contribution in [-0.4, -0.2) is 45.5 Å². The summed E-state index contributed by atoms with van der Waals surface area (Å²) in [5, 5.41) is 25.1. The highest BCUT2D eigenvalue weighted by atomic mass is 16.3. The molecule has 9 nitrogen and oxygen atoms in total. The van der Waals surface area contributed by atoms with E-state index < -0.39 is 17.4 Å². The van der Waals surface area contributed by atoms with Crippen molar-refractivity contribution >= 4 is 34.8 Å². The first-order valence-corrected chi connectivity index (χ1v) is 15.7. The van der Waals surface area contributed by atoms with Gasteiger partial charge in [-0.05, 0) is 65.6 Å². The highest BCUT2D eigenvalue weighted by Crippen LogP contribution is 2.47. The molecular weight excluding hydrogens is 592 g/mol. The number of hydrogen-bond acceptors (Lipinski definition) is 6. The van der Waals surface area contributed by atoms with Crippen LogP contribution in [0.5, 0.6) is 0 Å². The van der Waals surface area contributed by atoms with E-state index in [0.717, 1.165) is 16.7 Å². The second kappa shape index (κ2) is 13.2. The molecular formula is C38H38N4O5. The number of carbonyl (C=O) groups excluding carboxylic acids is 3. The fourth-order valence-electron chi connectivity index (χ4n) is 6.46. The van der Waals surface area contributed by atoms with Gasteiger partial charge in [0.25, 0.3) is 11.8 Å². The van der Waals surface area contributed by atoms with Gasteiger partial charge in [-0.1, -0.05) is 73.7 Å². The van der Waals surface area contributed by atoms with Crippen molar-refractivity contribution in [2.24, 2.45) is 5.92 Å². The third-order valence-electron chi connectivity index (χ3n) is 9.15. The number of amides is 3. The Morgan fingerprint density at radius 1 is 1.00 bits per heavy atom. The lowest BCUT2D eigenvalue weighted by Crippen LogP contribution is -2.46. The summed E-state index contributed by atoms with van der Waals surface area (Å²) in [4.78, 5) is 43.7. The summed E-state index contributed by atoms with van der Waals surface area (Å²) >= 11 is 0. The van der Waals surface area contributed by atoms with Gasteiger partial charge < -0.3 is 31.1 Å². The molecule has 0 unspecified atom stereocenters. The van der Waals surface area contributed by atoms with E-state index in [2.05, 4.69) is 5.32 Å². The molecule has 6 rings (SSSR count). The summed E-state index contributed by atoms with van der Waals surface area (Å²) in [6.45, 7) is 2.26. The summed E-state index contributed by atoms with van der Waals surface area (Å²) in [5.74, 6) is -1.71. The van der Waals surface area contributed by atoms with Crippen molar-refractivity contribution in [2.75, 3.05) is 22.6 Å². The predicted molar refractivity (Wildman–Crippen MR) is 181 cm³/mol. The van der Waals surface area contributed by atoms with Crippen molar-refractivity contribution in [1.29, 1.82) is 0 Å². The van der Waals surface area contributed by atoms with Crippen molar-refractivity contribution in [3.63, 3.8) is 0 Å². The number of nitrogens with zero attached hydrogens (tertiary/aromatic N) is 2. The van der Waals surface area contributed by atoms with E-state index in [1.165, 1.54) is 0 Å². The second-order valence-electron chi connectivity index (χ2n) is 12.2. The number of nitrogens with two attached hydrogens (primary N) is 1. The SMILES string of the molecule is C[C@@H](/C=C/CC(=O)N1Cc2ccccc2C[C@H]1CO)[C@]1(O)C(=O)N(Cc2ccccc2)c2ccc(NC(=O)c3ccc(N)cc3)cc21. The Labute approximate surface area is 273 Å². The molecule has 0 saturated carbocycles. The summed E-state index contributed by atoms with van der Waals surface area (Å²) in [6.07, 6.45) is 4.00. The topological polar surface area (TPSA) is 136 Å². The van der Waals surface area contributed by atoms with E-state index in [-0.39, 0.29) is 37.4 Å². The van der Waals surface area contributed by atoms with Crippen LogP contribution < -0.4 is 16.0 Å². The number of nitrogens with one attached hydrogen (secondary N) is 1. The Morgan fingerprint density at radius 2 is 1.70 bits per heavy atom. The van der Waals surface area contributed by atoms with Crippen LogP contribution in [0.3, 0.4) is 0 Å². The number of aliphatic hydroxyl groups excluding tert-OH is 1. The van der Waals surface area contributed by atoms with Gasteiger partial charge in [-0.2, -0.15) is 0 Å². The van der Waals surface area contributed by atoms with Crippen LogP contribution in [0, 0.1) is 5.92 Å². The fourth-order valence-corrected chi connectivity index (χ4v) is 6.46. The average molecular weight is 631 g/mol. The first kappa shape index (κ1) is 31.7. The quantitative estimate of drug-likeness (QED) is 0.155. The minimum atomic E-state index is -1.96. The molecule has 2 heterocycles. The predicted octanol–water partition coefficient (Wildman–Crippen LogP) is 4.78. The van der Waals surface area contributed by atoms with Gasteiger partial charge in [0, 0.05) is 41.4 Å². The summed E-state index contributed by atoms with van der Waals surface area (Å²) < 4.78 is 0. The Balaban J connectivity index is 1.25. The maximum atomic E-state index is 14.1. The van der Waals surface area contributed by atoms with Crippen LogP contribution in [0.4, 0.5) is 17.1 Å². The lowest BCUT2D eigenvalue weighted by molar-refractivity contribution is -0.139. The van der Waals surface area contributed by atoms with Gasteiger partial charge in [0.1, 0.15) is 0 Å². The number of anilines is 3. The van der Waals surface area contributed by atoms with E-state index >= 15 is 0 Å². The van der Waals surface area contributed by atoms with Crippen molar-refractivity contribution in [3.8, 4) is 0 Å². The zero-order valence-electron chi connectivity index (χ0n) is 26.2. The van der Waals surface area contributed by atoms with Gasteiger partial charge >= 0.3 is 0 Å². The summed E-state index contributed by atoms with van der Waals surface area (Å²) in [5.41, 5.74) is 9.18. The van der Waals surface area contributed by atoms with Crippen LogP contribution in [0.25, 0.3) is 0 Å². The molecule has 4 aromatic carbocycles. The van der Waals surface area contributed by atoms with E-state index in [1.54, 1.807) is 71.3 Å². The molecule has 2 aliphatic heterocycles. The molecule has 240 valence electrons. The highest BCUT2D eigenvalue weighted by molar-refractivity contribution is 6.09. The van der Waals surface area contributed by atoms with Crippen LogP contribution in [0.1, 0.15) is 46.0 Å². The van der Waals surface area contributed by atoms with Crippen molar-refractivity contribution in [2.45, 2.75) is 44.5 Å². The number of aliphatic hydroxyl groups is 2. The molecule has 4 aromatic rings. The maximum absolute atomic E-state index is 14.1. The molecule has 3 amide bonds. The molecule has 0 spiro atoms. The van der Waals surface area contributed by atoms with Crippen molar-refractivity contribution in [3.05, 3.63) is 137 Å². The van der Waals surface area contributed by atoms with Crippen LogP contribution in [-0.2, 0) is 34.7 Å². The minimum Gasteiger partial charge on any atom is -0.399 e. The van der Waals surface area contributed by atoms with E-state index in [9.17, 15) is 24.6 Å². The average Bonchev–Trinajstić information content (AvgIpc) is 3.30. The number of fused-ring (bicyclic) bond motifs is 2. The number of carbonyl (C=O) groups is 3. The molecule has 2 aliphatic rings. The molecule has 9 heteroatoms. The Hall–Kier alpha value is -5.25. The van der Waals surface area contributed by atoms with Gasteiger partial charge in [0.05, 0.1) is 24.9 Å². The van der Waals surface area contributed by atoms with Gasteiger partial charge in [-0.25, -0.2) is 0 Å². The van der Waals surface area contributed by atoms with Crippen molar-refractivity contribution < 1.29 is 24.6 Å². The number of nitrogen functional groups attached to an aromatic ring is 1. The summed E-state index contributed by atoms with van der Waals surface area (Å²) in [6, 6.07) is 28.7. The smallest absolute Gasteiger partial charge is 0.264 e. The minimum absolute atomic E-state index is 0.0472. The second-order valence-corrected chi connectivity index (χ2v) is 12.2. The lowest BCUT2D eigenvalue weighted by Gasteiger charge is -2.36. The van der Waals surface area contributed by atoms with Crippen LogP contribution >= 0.6 is 0 Å². The van der Waals surface area contributed by atoms with E-state index in [4.69, 9.17) is 5.73 Å². The maximum Gasteiger partial charge on any atom is 0.264 e. The van der Waals surface area contributed by atoms with Gasteiger partial charge in [-0.3, -0.25) is 14.4 Å². The molecule has 0 bridgehead atoms. The largest absolute Gasteiger partial charge is 0.399 e. The Morgan fingerprint density at radius 3 is 2.43 bits per heavy atom. The number of hydrogen-bond donors (Lipinski definition) is 4. The number of benzene rings is 4. The Kier molecular flexibility index (Phi) is 8.93. The number of rotatable bonds is 9. The molecule has 47 heavy (non-hydrogen) atoms. The zero-order chi connectivity index (χ0) is 33.1. The van der Waals surface area contributed by atoms with Gasteiger partial charge in [0.15, 0.2) is 5.60 Å². The Bertz CT molecular complexity index is 1820. The molecule has 0 aromatic heterocycles. The monoisotopic (exact) mass is 630 g/mol.